The highest BCUT2D eigenvalue weighted by atomic mass is 16.5. The monoisotopic (exact) mass is 346 g/mol. The second-order valence-corrected chi connectivity index (χ2v) is 6.63. The summed E-state index contributed by atoms with van der Waals surface area (Å²) < 4.78 is 6.10. The third-order valence-electron chi connectivity index (χ3n) is 4.69. The van der Waals surface area contributed by atoms with Crippen molar-refractivity contribution in [3.8, 4) is 0 Å². The number of aromatic amines is 2. The van der Waals surface area contributed by atoms with Gasteiger partial charge in [0.05, 0.1) is 18.4 Å². The number of rotatable bonds is 5. The number of ether oxygens (including phenoxy) is 1. The molecule has 1 aromatic heterocycles. The second-order valence-electron chi connectivity index (χ2n) is 6.63. The molecule has 0 aliphatic heterocycles. The van der Waals surface area contributed by atoms with E-state index in [0.717, 1.165) is 25.0 Å². The van der Waals surface area contributed by atoms with Crippen molar-refractivity contribution < 1.29 is 4.74 Å². The first kappa shape index (κ1) is 16.6. The molecule has 1 unspecified atom stereocenters. The van der Waals surface area contributed by atoms with E-state index in [-0.39, 0.29) is 11.7 Å². The van der Waals surface area contributed by atoms with Gasteiger partial charge in [0, 0.05) is 12.5 Å². The van der Waals surface area contributed by atoms with Gasteiger partial charge in [0.1, 0.15) is 0 Å². The van der Waals surface area contributed by atoms with Crippen LogP contribution in [-0.2, 0) is 11.3 Å². The maximum atomic E-state index is 11.3. The number of H-pyrrole nitrogens is 2. The summed E-state index contributed by atoms with van der Waals surface area (Å²) in [5.41, 5.74) is 5.59. The summed E-state index contributed by atoms with van der Waals surface area (Å²) in [5.74, 6) is 0. The van der Waals surface area contributed by atoms with E-state index in [1.807, 2.05) is 6.07 Å². The molecule has 2 aromatic rings. The molecule has 1 aromatic carbocycles. The molecule has 1 atom stereocenters. The average molecular weight is 346 g/mol. The van der Waals surface area contributed by atoms with Crippen molar-refractivity contribution in [1.82, 2.24) is 10.2 Å². The predicted molar refractivity (Wildman–Crippen MR) is 104 cm³/mol. The third kappa shape index (κ3) is 3.86. The molecular weight excluding hydrogens is 324 g/mol. The highest BCUT2D eigenvalue weighted by Gasteiger charge is 2.19. The van der Waals surface area contributed by atoms with Gasteiger partial charge in [-0.1, -0.05) is 54.6 Å². The van der Waals surface area contributed by atoms with Crippen LogP contribution in [0.1, 0.15) is 30.5 Å². The van der Waals surface area contributed by atoms with Gasteiger partial charge in [-0.05, 0) is 41.2 Å². The molecule has 4 nitrogen and oxygen atoms in total. The third-order valence-corrected chi connectivity index (χ3v) is 4.69. The average Bonchev–Trinajstić information content (AvgIpc) is 3.13. The predicted octanol–water partition coefficient (Wildman–Crippen LogP) is 4.28. The Morgan fingerprint density at radius 3 is 2.69 bits per heavy atom. The SMILES string of the molecule is O=c1cc(COC2C=C(C3=CCCC=C3)C=C(c3ccccc3)C2)[nH][nH]1. The zero-order valence-corrected chi connectivity index (χ0v) is 14.6. The van der Waals surface area contributed by atoms with Crippen LogP contribution in [-0.4, -0.2) is 16.3 Å². The largest absolute Gasteiger partial charge is 0.368 e. The number of hydrogen-bond acceptors (Lipinski definition) is 2. The summed E-state index contributed by atoms with van der Waals surface area (Å²) >= 11 is 0. The summed E-state index contributed by atoms with van der Waals surface area (Å²) in [4.78, 5) is 11.3. The molecule has 2 aliphatic rings. The summed E-state index contributed by atoms with van der Waals surface area (Å²) in [6, 6.07) is 12.0. The summed E-state index contributed by atoms with van der Waals surface area (Å²) in [6.45, 7) is 0.379. The van der Waals surface area contributed by atoms with Crippen LogP contribution < -0.4 is 5.56 Å². The van der Waals surface area contributed by atoms with Crippen molar-refractivity contribution in [3.05, 3.63) is 99.5 Å². The Bertz CT molecular complexity index is 942. The molecule has 0 saturated carbocycles. The summed E-state index contributed by atoms with van der Waals surface area (Å²) in [6.07, 6.45) is 14.1. The fraction of sp³-hybridized carbons (Fsp3) is 0.227. The maximum absolute atomic E-state index is 11.3. The van der Waals surface area contributed by atoms with Crippen LogP contribution in [0.2, 0.25) is 0 Å². The van der Waals surface area contributed by atoms with Gasteiger partial charge in [-0.25, -0.2) is 0 Å². The Balaban J connectivity index is 1.59. The summed E-state index contributed by atoms with van der Waals surface area (Å²) in [7, 11) is 0. The normalized spacial score (nSPS) is 19.7. The van der Waals surface area contributed by atoms with E-state index in [1.54, 1.807) is 0 Å². The van der Waals surface area contributed by atoms with Crippen LogP contribution >= 0.6 is 0 Å². The molecular formula is C22H22N2O2. The molecule has 2 N–H and O–H groups in total. The Morgan fingerprint density at radius 2 is 1.96 bits per heavy atom. The Labute approximate surface area is 152 Å². The molecule has 4 heteroatoms. The van der Waals surface area contributed by atoms with Crippen LogP contribution in [0.5, 0.6) is 0 Å². The Hall–Kier alpha value is -2.85. The minimum atomic E-state index is -0.133. The number of aromatic nitrogens is 2. The molecule has 0 spiro atoms. The lowest BCUT2D eigenvalue weighted by Crippen LogP contribution is -2.15. The van der Waals surface area contributed by atoms with Gasteiger partial charge in [0.15, 0.2) is 0 Å². The number of allylic oxidation sites excluding steroid dienone is 6. The van der Waals surface area contributed by atoms with Gasteiger partial charge in [0.2, 0.25) is 0 Å². The molecule has 2 aliphatic carbocycles. The number of nitrogens with one attached hydrogen (secondary N) is 2. The molecule has 26 heavy (non-hydrogen) atoms. The molecule has 4 rings (SSSR count). The van der Waals surface area contributed by atoms with Crippen molar-refractivity contribution in [2.75, 3.05) is 0 Å². The van der Waals surface area contributed by atoms with E-state index in [2.05, 4.69) is 64.8 Å². The highest BCUT2D eigenvalue weighted by molar-refractivity contribution is 5.73. The zero-order valence-electron chi connectivity index (χ0n) is 14.6. The van der Waals surface area contributed by atoms with Gasteiger partial charge >= 0.3 is 0 Å². The quantitative estimate of drug-likeness (QED) is 0.849. The van der Waals surface area contributed by atoms with Crippen LogP contribution in [0.3, 0.4) is 0 Å². The first-order chi connectivity index (χ1) is 12.8. The van der Waals surface area contributed by atoms with E-state index < -0.39 is 0 Å². The molecule has 0 bridgehead atoms. The number of hydrogen-bond donors (Lipinski definition) is 2. The van der Waals surface area contributed by atoms with Crippen LogP contribution in [0.15, 0.2) is 82.7 Å². The van der Waals surface area contributed by atoms with Crippen molar-refractivity contribution >= 4 is 5.57 Å². The lowest BCUT2D eigenvalue weighted by molar-refractivity contribution is 0.0722. The van der Waals surface area contributed by atoms with Crippen molar-refractivity contribution in [2.45, 2.75) is 32.0 Å². The fourth-order valence-corrected chi connectivity index (χ4v) is 3.39. The van der Waals surface area contributed by atoms with Crippen LogP contribution in [0.4, 0.5) is 0 Å². The van der Waals surface area contributed by atoms with Crippen LogP contribution in [0, 0.1) is 0 Å². The van der Waals surface area contributed by atoms with Crippen LogP contribution in [0.25, 0.3) is 5.57 Å². The first-order valence-electron chi connectivity index (χ1n) is 9.01. The second kappa shape index (κ2) is 7.58. The van der Waals surface area contributed by atoms with Gasteiger partial charge in [-0.15, -0.1) is 0 Å². The molecule has 0 amide bonds. The molecule has 0 radical (unpaired) electrons. The Kier molecular flexibility index (Phi) is 4.84. The minimum absolute atomic E-state index is 0.0279. The standard InChI is InChI=1S/C22H22N2O2/c25-22-14-20(23-24-22)15-26-21-12-18(16-7-3-1-4-8-16)11-19(13-21)17-9-5-2-6-10-17/h1,3-5,7-11,13-14,21H,2,6,12,15H2,(H2,23,24,25). The van der Waals surface area contributed by atoms with Gasteiger partial charge in [-0.2, -0.15) is 0 Å². The number of benzene rings is 1. The zero-order chi connectivity index (χ0) is 17.8. The van der Waals surface area contributed by atoms with Crippen molar-refractivity contribution in [1.29, 1.82) is 0 Å². The molecule has 0 fully saturated rings. The lowest BCUT2D eigenvalue weighted by atomic mass is 9.87. The molecule has 132 valence electrons. The van der Waals surface area contributed by atoms with E-state index in [4.69, 9.17) is 4.74 Å². The Morgan fingerprint density at radius 1 is 1.08 bits per heavy atom. The van der Waals surface area contributed by atoms with E-state index in [9.17, 15) is 4.79 Å². The van der Waals surface area contributed by atoms with Gasteiger partial charge in [-0.3, -0.25) is 15.0 Å². The summed E-state index contributed by atoms with van der Waals surface area (Å²) in [5, 5.41) is 5.39. The minimum Gasteiger partial charge on any atom is -0.368 e. The first-order valence-corrected chi connectivity index (χ1v) is 9.01. The van der Waals surface area contributed by atoms with E-state index in [1.165, 1.54) is 28.3 Å². The topological polar surface area (TPSA) is 57.9 Å². The van der Waals surface area contributed by atoms with Crippen molar-refractivity contribution in [2.24, 2.45) is 0 Å². The molecule has 0 saturated heterocycles. The van der Waals surface area contributed by atoms with Gasteiger partial charge in [0.25, 0.3) is 5.56 Å². The highest BCUT2D eigenvalue weighted by Crippen LogP contribution is 2.32. The van der Waals surface area contributed by atoms with Crippen molar-refractivity contribution in [3.63, 3.8) is 0 Å². The van der Waals surface area contributed by atoms with Gasteiger partial charge < -0.3 is 4.74 Å². The maximum Gasteiger partial charge on any atom is 0.264 e. The fourth-order valence-electron chi connectivity index (χ4n) is 3.39. The smallest absolute Gasteiger partial charge is 0.264 e. The lowest BCUT2D eigenvalue weighted by Gasteiger charge is -2.23. The van der Waals surface area contributed by atoms with E-state index in [0.29, 0.717) is 6.61 Å². The van der Waals surface area contributed by atoms with E-state index >= 15 is 0 Å². The molecule has 1 heterocycles.